The average Bonchev–Trinajstić information content (AvgIpc) is 2.32. The third-order valence-corrected chi connectivity index (χ3v) is 2.53. The Morgan fingerprint density at radius 2 is 2.29 bits per heavy atom. The van der Waals surface area contributed by atoms with E-state index in [1.165, 1.54) is 0 Å². The minimum Gasteiger partial charge on any atom is -0.391 e. The molecule has 0 aromatic heterocycles. The monoisotopic (exact) mass is 252 g/mol. The van der Waals surface area contributed by atoms with Crippen LogP contribution in [0.25, 0.3) is 0 Å². The molecule has 0 fully saturated rings. The Hall–Kier alpha value is -1.73. The lowest BCUT2D eigenvalue weighted by molar-refractivity contribution is 0.128. The highest BCUT2D eigenvalue weighted by Crippen LogP contribution is 2.27. The van der Waals surface area contributed by atoms with Crippen LogP contribution in [0.2, 0.25) is 5.02 Å². The first-order valence-corrected chi connectivity index (χ1v) is 5.55. The van der Waals surface area contributed by atoms with E-state index in [4.69, 9.17) is 26.4 Å². The predicted molar refractivity (Wildman–Crippen MR) is 65.9 cm³/mol. The van der Waals surface area contributed by atoms with Gasteiger partial charge >= 0.3 is 0 Å². The van der Waals surface area contributed by atoms with E-state index in [1.807, 2.05) is 13.8 Å². The molecular weight excluding hydrogens is 240 g/mol. The van der Waals surface area contributed by atoms with Gasteiger partial charge in [-0.15, -0.1) is 5.26 Å². The maximum Gasteiger partial charge on any atom is 0.292 e. The van der Waals surface area contributed by atoms with Crippen molar-refractivity contribution in [3.63, 3.8) is 0 Å². The molecule has 0 aliphatic carbocycles. The number of halogens is 1. The van der Waals surface area contributed by atoms with Gasteiger partial charge < -0.3 is 9.57 Å². The number of hydrogen-bond acceptors (Lipinski definition) is 4. The Labute approximate surface area is 105 Å². The molecule has 17 heavy (non-hydrogen) atoms. The number of benzene rings is 1. The standard InChI is InChI=1S/C12H13ClN2O2/c1-3-9(2)15-17-7-10-11(13)5-4-6-12(10)16-8-14/h4-6H,3,7H2,1-2H3. The summed E-state index contributed by atoms with van der Waals surface area (Å²) in [5.74, 6) is 0.393. The molecule has 90 valence electrons. The third-order valence-electron chi connectivity index (χ3n) is 2.17. The Morgan fingerprint density at radius 1 is 1.53 bits per heavy atom. The first-order chi connectivity index (χ1) is 8.19. The molecule has 4 nitrogen and oxygen atoms in total. The summed E-state index contributed by atoms with van der Waals surface area (Å²) in [6.07, 6.45) is 2.44. The summed E-state index contributed by atoms with van der Waals surface area (Å²) in [6, 6.07) is 5.07. The Bertz CT molecular complexity index is 452. The molecular formula is C12H13ClN2O2. The second-order valence-electron chi connectivity index (χ2n) is 3.36. The van der Waals surface area contributed by atoms with Crippen LogP contribution in [0.1, 0.15) is 25.8 Å². The van der Waals surface area contributed by atoms with E-state index in [9.17, 15) is 0 Å². The van der Waals surface area contributed by atoms with Gasteiger partial charge in [-0.25, -0.2) is 0 Å². The van der Waals surface area contributed by atoms with Crippen molar-refractivity contribution in [3.8, 4) is 12.0 Å². The fourth-order valence-electron chi connectivity index (χ4n) is 1.10. The summed E-state index contributed by atoms with van der Waals surface area (Å²) in [7, 11) is 0. The van der Waals surface area contributed by atoms with Gasteiger partial charge in [-0.3, -0.25) is 0 Å². The molecule has 5 heteroatoms. The van der Waals surface area contributed by atoms with E-state index >= 15 is 0 Å². The van der Waals surface area contributed by atoms with Crippen molar-refractivity contribution in [1.29, 1.82) is 5.26 Å². The average molecular weight is 253 g/mol. The molecule has 0 bridgehead atoms. The van der Waals surface area contributed by atoms with Crippen molar-refractivity contribution in [2.45, 2.75) is 26.9 Å². The molecule has 0 radical (unpaired) electrons. The fraction of sp³-hybridized carbons (Fsp3) is 0.333. The van der Waals surface area contributed by atoms with Crippen LogP contribution in [-0.4, -0.2) is 5.71 Å². The predicted octanol–water partition coefficient (Wildman–Crippen LogP) is 3.50. The largest absolute Gasteiger partial charge is 0.391 e. The SMILES string of the molecule is CCC(C)=NOCc1c(Cl)cccc1OC#N. The summed E-state index contributed by atoms with van der Waals surface area (Å²) in [5, 5.41) is 12.9. The highest BCUT2D eigenvalue weighted by Gasteiger charge is 2.09. The van der Waals surface area contributed by atoms with Crippen LogP contribution in [-0.2, 0) is 11.4 Å². The molecule has 0 spiro atoms. The van der Waals surface area contributed by atoms with Gasteiger partial charge in [0.25, 0.3) is 6.26 Å². The van der Waals surface area contributed by atoms with Gasteiger partial charge in [0.15, 0.2) is 5.75 Å². The first-order valence-electron chi connectivity index (χ1n) is 5.17. The lowest BCUT2D eigenvalue weighted by atomic mass is 10.2. The van der Waals surface area contributed by atoms with E-state index in [-0.39, 0.29) is 6.61 Å². The molecule has 0 saturated carbocycles. The minimum absolute atomic E-state index is 0.175. The third kappa shape index (κ3) is 3.97. The Balaban J connectivity index is 2.79. The molecule has 1 aromatic rings. The van der Waals surface area contributed by atoms with Crippen LogP contribution < -0.4 is 4.74 Å². The molecule has 0 heterocycles. The Kier molecular flexibility index (Phi) is 5.31. The zero-order valence-electron chi connectivity index (χ0n) is 9.74. The maximum atomic E-state index is 8.50. The zero-order chi connectivity index (χ0) is 12.7. The topological polar surface area (TPSA) is 54.6 Å². The molecule has 0 atom stereocenters. The quantitative estimate of drug-likeness (QED) is 0.458. The molecule has 1 rings (SSSR count). The van der Waals surface area contributed by atoms with Gasteiger partial charge in [0.1, 0.15) is 6.61 Å². The van der Waals surface area contributed by atoms with E-state index in [1.54, 1.807) is 24.5 Å². The normalized spacial score (nSPS) is 10.8. The molecule has 1 aromatic carbocycles. The number of ether oxygens (including phenoxy) is 1. The van der Waals surface area contributed by atoms with Crippen molar-refractivity contribution in [1.82, 2.24) is 0 Å². The van der Waals surface area contributed by atoms with Gasteiger partial charge in [0.2, 0.25) is 0 Å². The van der Waals surface area contributed by atoms with Crippen molar-refractivity contribution >= 4 is 17.3 Å². The fourth-order valence-corrected chi connectivity index (χ4v) is 1.32. The summed E-state index contributed by atoms with van der Waals surface area (Å²) >= 11 is 6.00. The number of hydrogen-bond donors (Lipinski definition) is 0. The van der Waals surface area contributed by atoms with Crippen LogP contribution >= 0.6 is 11.6 Å². The molecule has 0 aliphatic heterocycles. The van der Waals surface area contributed by atoms with Crippen LogP contribution in [0, 0.1) is 11.5 Å². The second kappa shape index (κ2) is 6.77. The van der Waals surface area contributed by atoms with Gasteiger partial charge in [0.05, 0.1) is 16.3 Å². The van der Waals surface area contributed by atoms with Gasteiger partial charge in [-0.1, -0.05) is 29.7 Å². The highest BCUT2D eigenvalue weighted by atomic mass is 35.5. The summed E-state index contributed by atoms with van der Waals surface area (Å²) < 4.78 is 4.79. The second-order valence-corrected chi connectivity index (χ2v) is 3.77. The summed E-state index contributed by atoms with van der Waals surface area (Å²) in [6.45, 7) is 4.04. The Morgan fingerprint density at radius 3 is 2.94 bits per heavy atom. The number of nitriles is 1. The van der Waals surface area contributed by atoms with Gasteiger partial charge in [-0.2, -0.15) is 0 Å². The first kappa shape index (κ1) is 13.3. The number of oxime groups is 1. The summed E-state index contributed by atoms with van der Waals surface area (Å²) in [4.78, 5) is 5.15. The highest BCUT2D eigenvalue weighted by molar-refractivity contribution is 6.31. The number of nitrogens with zero attached hydrogens (tertiary/aromatic N) is 2. The lowest BCUT2D eigenvalue weighted by Crippen LogP contribution is -1.96. The maximum absolute atomic E-state index is 8.50. The van der Waals surface area contributed by atoms with Crippen LogP contribution in [0.4, 0.5) is 0 Å². The van der Waals surface area contributed by atoms with Crippen LogP contribution in [0.15, 0.2) is 23.4 Å². The van der Waals surface area contributed by atoms with Crippen LogP contribution in [0.3, 0.4) is 0 Å². The molecule has 0 N–H and O–H groups in total. The van der Waals surface area contributed by atoms with Gasteiger partial charge in [-0.05, 0) is 25.5 Å². The van der Waals surface area contributed by atoms with E-state index in [0.29, 0.717) is 16.3 Å². The van der Waals surface area contributed by atoms with Crippen molar-refractivity contribution in [3.05, 3.63) is 28.8 Å². The minimum atomic E-state index is 0.175. The molecule has 0 aliphatic rings. The van der Waals surface area contributed by atoms with Crippen molar-refractivity contribution in [2.75, 3.05) is 0 Å². The number of rotatable bonds is 5. The zero-order valence-corrected chi connectivity index (χ0v) is 10.5. The van der Waals surface area contributed by atoms with Crippen molar-refractivity contribution in [2.24, 2.45) is 5.16 Å². The lowest BCUT2D eigenvalue weighted by Gasteiger charge is -2.07. The molecule has 0 amide bonds. The summed E-state index contributed by atoms with van der Waals surface area (Å²) in [5.41, 5.74) is 1.50. The molecule has 0 saturated heterocycles. The van der Waals surface area contributed by atoms with Crippen molar-refractivity contribution < 1.29 is 9.57 Å². The van der Waals surface area contributed by atoms with E-state index in [2.05, 4.69) is 5.16 Å². The molecule has 0 unspecified atom stereocenters. The van der Waals surface area contributed by atoms with E-state index in [0.717, 1.165) is 12.1 Å². The van der Waals surface area contributed by atoms with Gasteiger partial charge in [0, 0.05) is 0 Å². The smallest absolute Gasteiger partial charge is 0.292 e. The van der Waals surface area contributed by atoms with E-state index < -0.39 is 0 Å². The van der Waals surface area contributed by atoms with Crippen LogP contribution in [0.5, 0.6) is 5.75 Å².